The van der Waals surface area contributed by atoms with Crippen LogP contribution in [0.3, 0.4) is 0 Å². The van der Waals surface area contributed by atoms with E-state index in [9.17, 15) is 0 Å². The first kappa shape index (κ1) is 35.7. The van der Waals surface area contributed by atoms with E-state index in [1.165, 1.54) is 71.3 Å². The molecule has 0 saturated heterocycles. The first-order valence-electron chi connectivity index (χ1n) is 21.2. The predicted molar refractivity (Wildman–Crippen MR) is 263 cm³/mol. The number of fused-ring (bicyclic) bond motifs is 7. The molecule has 1 heterocycles. The summed E-state index contributed by atoms with van der Waals surface area (Å²) in [6.45, 7) is 0. The topological polar surface area (TPSA) is 16.4 Å². The van der Waals surface area contributed by atoms with Crippen LogP contribution in [0, 0.1) is 0 Å². The molecule has 0 radical (unpaired) electrons. The van der Waals surface area contributed by atoms with Crippen LogP contribution >= 0.6 is 0 Å². The second-order valence-electron chi connectivity index (χ2n) is 16.0. The Morgan fingerprint density at radius 3 is 1.50 bits per heavy atom. The lowest BCUT2D eigenvalue weighted by Gasteiger charge is -2.26. The van der Waals surface area contributed by atoms with E-state index in [-0.39, 0.29) is 0 Å². The van der Waals surface area contributed by atoms with E-state index in [0.29, 0.717) is 0 Å². The second-order valence-corrected chi connectivity index (χ2v) is 16.0. The zero-order valence-corrected chi connectivity index (χ0v) is 33.9. The summed E-state index contributed by atoms with van der Waals surface area (Å²) in [6, 6.07) is 85.5. The quantitative estimate of drug-likeness (QED) is 0.150. The van der Waals surface area contributed by atoms with Crippen LogP contribution in [0.4, 0.5) is 17.1 Å². The second kappa shape index (κ2) is 14.8. The first-order chi connectivity index (χ1) is 30.7. The number of nitrogens with zero attached hydrogens (tertiary/aromatic N) is 1. The smallest absolute Gasteiger partial charge is 0.135 e. The molecule has 1 aromatic heterocycles. The fourth-order valence-electron chi connectivity index (χ4n) is 9.55. The van der Waals surface area contributed by atoms with Gasteiger partial charge in [0.15, 0.2) is 0 Å². The SMILES string of the molecule is c1ccc(-c2c(-c3ccccc3)c3cc(-c4ccc(N(c5ccc(-c6cccc7ccccc67)cc5)c5ccc6oc7ccccc7c6c5)cc4)ccc3c3ccccc23)cc1. The summed E-state index contributed by atoms with van der Waals surface area (Å²) >= 11 is 0. The highest BCUT2D eigenvalue weighted by atomic mass is 16.3. The Kier molecular flexibility index (Phi) is 8.53. The normalized spacial score (nSPS) is 11.5. The Morgan fingerprint density at radius 2 is 0.774 bits per heavy atom. The van der Waals surface area contributed by atoms with E-state index in [0.717, 1.165) is 44.6 Å². The van der Waals surface area contributed by atoms with Gasteiger partial charge in [-0.3, -0.25) is 0 Å². The van der Waals surface area contributed by atoms with Crippen LogP contribution in [0.5, 0.6) is 0 Å². The summed E-state index contributed by atoms with van der Waals surface area (Å²) in [5.74, 6) is 0. The molecule has 2 nitrogen and oxygen atoms in total. The number of hydrogen-bond donors (Lipinski definition) is 0. The fraction of sp³-hybridized carbons (Fsp3) is 0. The molecule has 290 valence electrons. The van der Waals surface area contributed by atoms with Gasteiger partial charge in [0.1, 0.15) is 11.2 Å². The van der Waals surface area contributed by atoms with Crippen LogP contribution in [0.2, 0.25) is 0 Å². The number of rotatable bonds is 7. The lowest BCUT2D eigenvalue weighted by Crippen LogP contribution is -2.09. The van der Waals surface area contributed by atoms with Gasteiger partial charge in [0.2, 0.25) is 0 Å². The summed E-state index contributed by atoms with van der Waals surface area (Å²) in [5.41, 5.74) is 14.7. The molecule has 0 aliphatic rings. The molecule has 0 spiro atoms. The molecule has 0 aliphatic heterocycles. The minimum Gasteiger partial charge on any atom is -0.456 e. The van der Waals surface area contributed by atoms with Crippen LogP contribution in [0.1, 0.15) is 0 Å². The maximum atomic E-state index is 6.27. The number of furan rings is 1. The van der Waals surface area contributed by atoms with E-state index < -0.39 is 0 Å². The van der Waals surface area contributed by atoms with Gasteiger partial charge in [0.25, 0.3) is 0 Å². The van der Waals surface area contributed by atoms with E-state index in [4.69, 9.17) is 4.42 Å². The van der Waals surface area contributed by atoms with Gasteiger partial charge in [-0.25, -0.2) is 0 Å². The molecular weight excluding hydrogens is 751 g/mol. The van der Waals surface area contributed by atoms with Gasteiger partial charge in [-0.05, 0) is 131 Å². The van der Waals surface area contributed by atoms with Gasteiger partial charge in [-0.1, -0.05) is 182 Å². The van der Waals surface area contributed by atoms with Crippen LogP contribution in [-0.4, -0.2) is 0 Å². The van der Waals surface area contributed by atoms with Crippen LogP contribution in [0.15, 0.2) is 241 Å². The molecule has 0 fully saturated rings. The van der Waals surface area contributed by atoms with Gasteiger partial charge in [-0.2, -0.15) is 0 Å². The zero-order valence-electron chi connectivity index (χ0n) is 33.9. The number of anilines is 3. The molecular formula is C60H39NO. The van der Waals surface area contributed by atoms with Crippen molar-refractivity contribution >= 4 is 71.3 Å². The first-order valence-corrected chi connectivity index (χ1v) is 21.2. The van der Waals surface area contributed by atoms with Crippen molar-refractivity contribution in [2.75, 3.05) is 4.90 Å². The molecule has 12 aromatic rings. The third kappa shape index (κ3) is 6.04. The van der Waals surface area contributed by atoms with Crippen molar-refractivity contribution < 1.29 is 4.42 Å². The lowest BCUT2D eigenvalue weighted by atomic mass is 9.84. The monoisotopic (exact) mass is 789 g/mol. The maximum Gasteiger partial charge on any atom is 0.135 e. The lowest BCUT2D eigenvalue weighted by molar-refractivity contribution is 0.669. The van der Waals surface area contributed by atoms with Crippen LogP contribution in [0.25, 0.3) is 98.8 Å². The van der Waals surface area contributed by atoms with E-state index >= 15 is 0 Å². The van der Waals surface area contributed by atoms with Crippen molar-refractivity contribution in [1.29, 1.82) is 0 Å². The standard InChI is InChI=1S/C60H39NO/c1-3-15-43(16-4-1)59-54-23-10-9-21-51(54)52-36-30-45(38-56(52)60(59)44-17-5-2-6-18-44)40-26-31-46(32-27-40)61(48-35-37-58-55(39-48)53-22-11-12-25-57(53)62-58)47-33-28-42(29-34-47)50-24-13-19-41-14-7-8-20-49(41)50/h1-39H. The van der Waals surface area contributed by atoms with E-state index in [1.54, 1.807) is 0 Å². The molecule has 62 heavy (non-hydrogen) atoms. The Labute approximate surface area is 360 Å². The van der Waals surface area contributed by atoms with Crippen LogP contribution in [-0.2, 0) is 0 Å². The Morgan fingerprint density at radius 1 is 0.258 bits per heavy atom. The van der Waals surface area contributed by atoms with Gasteiger partial charge < -0.3 is 9.32 Å². The molecule has 0 bridgehead atoms. The summed E-state index contributed by atoms with van der Waals surface area (Å²) < 4.78 is 6.27. The van der Waals surface area contributed by atoms with Crippen molar-refractivity contribution in [3.8, 4) is 44.5 Å². The largest absolute Gasteiger partial charge is 0.456 e. The highest BCUT2D eigenvalue weighted by molar-refractivity contribution is 6.22. The van der Waals surface area contributed by atoms with Crippen molar-refractivity contribution in [2.24, 2.45) is 0 Å². The number of benzene rings is 11. The predicted octanol–water partition coefficient (Wildman–Crippen LogP) is 17.2. The van der Waals surface area contributed by atoms with Gasteiger partial charge in [0.05, 0.1) is 0 Å². The molecule has 2 heteroatoms. The Bertz CT molecular complexity index is 3600. The molecule has 0 N–H and O–H groups in total. The van der Waals surface area contributed by atoms with Gasteiger partial charge >= 0.3 is 0 Å². The number of hydrogen-bond acceptors (Lipinski definition) is 2. The van der Waals surface area contributed by atoms with E-state index in [1.807, 2.05) is 12.1 Å². The third-order valence-corrected chi connectivity index (χ3v) is 12.5. The number of para-hydroxylation sites is 1. The van der Waals surface area contributed by atoms with E-state index in [2.05, 4.69) is 229 Å². The van der Waals surface area contributed by atoms with Crippen molar-refractivity contribution in [3.05, 3.63) is 237 Å². The maximum absolute atomic E-state index is 6.27. The molecule has 0 unspecified atom stereocenters. The van der Waals surface area contributed by atoms with Gasteiger partial charge in [0, 0.05) is 27.8 Å². The van der Waals surface area contributed by atoms with Crippen LogP contribution < -0.4 is 4.90 Å². The minimum absolute atomic E-state index is 0.880. The molecule has 11 aromatic carbocycles. The summed E-state index contributed by atoms with van der Waals surface area (Å²) in [7, 11) is 0. The Balaban J connectivity index is 1.00. The highest BCUT2D eigenvalue weighted by Crippen LogP contribution is 2.46. The summed E-state index contributed by atoms with van der Waals surface area (Å²) in [4.78, 5) is 2.35. The van der Waals surface area contributed by atoms with Crippen molar-refractivity contribution in [3.63, 3.8) is 0 Å². The molecule has 0 saturated carbocycles. The van der Waals surface area contributed by atoms with Gasteiger partial charge in [-0.15, -0.1) is 0 Å². The average molecular weight is 790 g/mol. The molecule has 0 atom stereocenters. The average Bonchev–Trinajstić information content (AvgIpc) is 3.72. The summed E-state index contributed by atoms with van der Waals surface area (Å²) in [6.07, 6.45) is 0. The van der Waals surface area contributed by atoms with Crippen molar-refractivity contribution in [2.45, 2.75) is 0 Å². The highest BCUT2D eigenvalue weighted by Gasteiger charge is 2.20. The Hall–Kier alpha value is -8.20. The molecule has 0 aliphatic carbocycles. The summed E-state index contributed by atoms with van der Waals surface area (Å²) in [5, 5.41) is 9.70. The molecule has 0 amide bonds. The fourth-order valence-corrected chi connectivity index (χ4v) is 9.55. The van der Waals surface area contributed by atoms with Crippen molar-refractivity contribution in [1.82, 2.24) is 0 Å². The third-order valence-electron chi connectivity index (χ3n) is 12.5. The zero-order chi connectivity index (χ0) is 41.0. The minimum atomic E-state index is 0.880. The molecule has 12 rings (SSSR count).